The van der Waals surface area contributed by atoms with E-state index in [0.29, 0.717) is 10.7 Å². The van der Waals surface area contributed by atoms with Gasteiger partial charge in [-0.25, -0.2) is 0 Å². The van der Waals surface area contributed by atoms with Crippen molar-refractivity contribution in [3.05, 3.63) is 40.4 Å². The topological polar surface area (TPSA) is 84.0 Å². The van der Waals surface area contributed by atoms with Crippen molar-refractivity contribution in [3.63, 3.8) is 0 Å². The highest BCUT2D eigenvalue weighted by Gasteiger charge is 2.25. The lowest BCUT2D eigenvalue weighted by Crippen LogP contribution is -2.47. The second-order valence-electron chi connectivity index (χ2n) is 6.65. The fourth-order valence-electron chi connectivity index (χ4n) is 2.25. The van der Waals surface area contributed by atoms with Gasteiger partial charge in [-0.15, -0.1) is 10.2 Å². The molecular weight excluding hydrogens is 336 g/mol. The van der Waals surface area contributed by atoms with Crippen molar-refractivity contribution in [3.8, 4) is 0 Å². The molecule has 2 N–H and O–H groups in total. The molecule has 0 aliphatic carbocycles. The number of hydrogen-bond acceptors (Lipinski definition) is 5. The summed E-state index contributed by atoms with van der Waals surface area (Å²) < 4.78 is 0. The lowest BCUT2D eigenvalue weighted by Gasteiger charge is -2.21. The second kappa shape index (κ2) is 8.20. The van der Waals surface area contributed by atoms with Gasteiger partial charge >= 0.3 is 0 Å². The summed E-state index contributed by atoms with van der Waals surface area (Å²) in [5, 5.41) is 14.9. The molecule has 25 heavy (non-hydrogen) atoms. The zero-order valence-electron chi connectivity index (χ0n) is 15.2. The van der Waals surface area contributed by atoms with Gasteiger partial charge in [0.05, 0.1) is 0 Å². The standard InChI is InChI=1S/C18H24N4O2S/c1-10(2)14(19-15(23)13-8-6-7-12(5)9-13)16(24)20-18-22-21-17(25-18)11(3)4/h6-11,14H,1-5H3,(H,19,23)(H,20,22,24)/t14-/m0/s1. The summed E-state index contributed by atoms with van der Waals surface area (Å²) in [6.45, 7) is 9.74. The maximum absolute atomic E-state index is 12.6. The smallest absolute Gasteiger partial charge is 0.251 e. The monoisotopic (exact) mass is 360 g/mol. The molecule has 2 rings (SSSR count). The Labute approximate surface area is 152 Å². The van der Waals surface area contributed by atoms with E-state index in [1.54, 1.807) is 12.1 Å². The largest absolute Gasteiger partial charge is 0.340 e. The van der Waals surface area contributed by atoms with Crippen LogP contribution in [0.2, 0.25) is 0 Å². The number of aryl methyl sites for hydroxylation is 1. The van der Waals surface area contributed by atoms with Crippen LogP contribution in [0.3, 0.4) is 0 Å². The van der Waals surface area contributed by atoms with Gasteiger partial charge in [-0.05, 0) is 25.0 Å². The van der Waals surface area contributed by atoms with Crippen LogP contribution in [0.5, 0.6) is 0 Å². The third-order valence-corrected chi connectivity index (χ3v) is 4.82. The van der Waals surface area contributed by atoms with Crippen LogP contribution in [-0.4, -0.2) is 28.1 Å². The molecule has 0 spiro atoms. The van der Waals surface area contributed by atoms with Crippen LogP contribution in [0.1, 0.15) is 54.5 Å². The summed E-state index contributed by atoms with van der Waals surface area (Å²) >= 11 is 1.35. The molecule has 0 fully saturated rings. The number of benzene rings is 1. The quantitative estimate of drug-likeness (QED) is 0.827. The van der Waals surface area contributed by atoms with Crippen LogP contribution in [0, 0.1) is 12.8 Å². The number of amides is 2. The van der Waals surface area contributed by atoms with Gasteiger partial charge < -0.3 is 5.32 Å². The number of nitrogens with one attached hydrogen (secondary N) is 2. The zero-order valence-corrected chi connectivity index (χ0v) is 16.0. The Morgan fingerprint density at radius 1 is 1.12 bits per heavy atom. The third-order valence-electron chi connectivity index (χ3n) is 3.68. The van der Waals surface area contributed by atoms with Crippen molar-refractivity contribution < 1.29 is 9.59 Å². The first-order valence-electron chi connectivity index (χ1n) is 8.29. The third kappa shape index (κ3) is 5.09. The Kier molecular flexibility index (Phi) is 6.25. The summed E-state index contributed by atoms with van der Waals surface area (Å²) in [7, 11) is 0. The first kappa shape index (κ1) is 19.1. The average Bonchev–Trinajstić information content (AvgIpc) is 3.00. The highest BCUT2D eigenvalue weighted by Crippen LogP contribution is 2.22. The van der Waals surface area contributed by atoms with Crippen molar-refractivity contribution in [2.24, 2.45) is 5.92 Å². The Morgan fingerprint density at radius 3 is 2.40 bits per heavy atom. The molecular formula is C18H24N4O2S. The molecule has 134 valence electrons. The average molecular weight is 360 g/mol. The number of carbonyl (C=O) groups excluding carboxylic acids is 2. The molecule has 0 radical (unpaired) electrons. The summed E-state index contributed by atoms with van der Waals surface area (Å²) in [6, 6.07) is 6.62. The number of anilines is 1. The molecule has 0 bridgehead atoms. The van der Waals surface area contributed by atoms with E-state index in [2.05, 4.69) is 20.8 Å². The van der Waals surface area contributed by atoms with Gasteiger partial charge in [0.1, 0.15) is 11.0 Å². The minimum absolute atomic E-state index is 0.0637. The van der Waals surface area contributed by atoms with Crippen molar-refractivity contribution in [2.75, 3.05) is 5.32 Å². The highest BCUT2D eigenvalue weighted by atomic mass is 32.1. The van der Waals surface area contributed by atoms with E-state index in [0.717, 1.165) is 10.6 Å². The van der Waals surface area contributed by atoms with Crippen LogP contribution in [-0.2, 0) is 4.79 Å². The van der Waals surface area contributed by atoms with Gasteiger partial charge in [-0.2, -0.15) is 0 Å². The molecule has 0 aliphatic rings. The molecule has 0 aliphatic heterocycles. The molecule has 2 amide bonds. The van der Waals surface area contributed by atoms with Gasteiger partial charge in [-0.1, -0.05) is 56.7 Å². The fraction of sp³-hybridized carbons (Fsp3) is 0.444. The Morgan fingerprint density at radius 2 is 1.84 bits per heavy atom. The van der Waals surface area contributed by atoms with E-state index in [4.69, 9.17) is 0 Å². The number of hydrogen-bond donors (Lipinski definition) is 2. The van der Waals surface area contributed by atoms with Crippen LogP contribution in [0.4, 0.5) is 5.13 Å². The Balaban J connectivity index is 2.08. The maximum atomic E-state index is 12.6. The molecule has 1 heterocycles. The van der Waals surface area contributed by atoms with Gasteiger partial charge in [0, 0.05) is 11.5 Å². The Hall–Kier alpha value is -2.28. The van der Waals surface area contributed by atoms with Gasteiger partial charge in [0.15, 0.2) is 0 Å². The molecule has 6 nitrogen and oxygen atoms in total. The molecule has 7 heteroatoms. The molecule has 0 unspecified atom stereocenters. The van der Waals surface area contributed by atoms with E-state index in [1.807, 2.05) is 46.8 Å². The number of carbonyl (C=O) groups is 2. The normalized spacial score (nSPS) is 12.3. The summed E-state index contributed by atoms with van der Waals surface area (Å²) in [5.74, 6) is -0.364. The SMILES string of the molecule is Cc1cccc(C(=O)N[C@H](C(=O)Nc2nnc(C(C)C)s2)C(C)C)c1. The Bertz CT molecular complexity index is 755. The molecule has 1 aromatic carbocycles. The van der Waals surface area contributed by atoms with E-state index >= 15 is 0 Å². The van der Waals surface area contributed by atoms with E-state index in [-0.39, 0.29) is 23.7 Å². The van der Waals surface area contributed by atoms with E-state index < -0.39 is 6.04 Å². The lowest BCUT2D eigenvalue weighted by molar-refractivity contribution is -0.118. The summed E-state index contributed by atoms with van der Waals surface area (Å²) in [4.78, 5) is 25.0. The van der Waals surface area contributed by atoms with Crippen molar-refractivity contribution in [2.45, 2.75) is 46.6 Å². The van der Waals surface area contributed by atoms with Gasteiger partial charge in [0.25, 0.3) is 5.91 Å². The number of nitrogens with zero attached hydrogens (tertiary/aromatic N) is 2. The van der Waals surface area contributed by atoms with Crippen molar-refractivity contribution in [1.82, 2.24) is 15.5 Å². The minimum atomic E-state index is -0.653. The number of rotatable bonds is 6. The van der Waals surface area contributed by atoms with E-state index in [9.17, 15) is 9.59 Å². The van der Waals surface area contributed by atoms with E-state index in [1.165, 1.54) is 11.3 Å². The van der Waals surface area contributed by atoms with Gasteiger partial charge in [0.2, 0.25) is 11.0 Å². The number of aromatic nitrogens is 2. The maximum Gasteiger partial charge on any atom is 0.251 e. The molecule has 0 saturated carbocycles. The second-order valence-corrected chi connectivity index (χ2v) is 7.66. The first-order chi connectivity index (χ1) is 11.8. The van der Waals surface area contributed by atoms with Crippen LogP contribution < -0.4 is 10.6 Å². The molecule has 0 saturated heterocycles. The van der Waals surface area contributed by atoms with Crippen molar-refractivity contribution >= 4 is 28.3 Å². The van der Waals surface area contributed by atoms with Crippen LogP contribution in [0.15, 0.2) is 24.3 Å². The predicted octanol–water partition coefficient (Wildman–Crippen LogP) is 3.36. The van der Waals surface area contributed by atoms with Crippen LogP contribution >= 0.6 is 11.3 Å². The fourth-order valence-corrected chi connectivity index (χ4v) is 3.00. The summed E-state index contributed by atoms with van der Waals surface area (Å²) in [6.07, 6.45) is 0. The molecule has 2 aromatic rings. The molecule has 1 aromatic heterocycles. The van der Waals surface area contributed by atoms with Crippen molar-refractivity contribution in [1.29, 1.82) is 0 Å². The molecule has 1 atom stereocenters. The lowest BCUT2D eigenvalue weighted by atomic mass is 10.0. The van der Waals surface area contributed by atoms with Gasteiger partial charge in [-0.3, -0.25) is 14.9 Å². The zero-order chi connectivity index (χ0) is 18.6. The summed E-state index contributed by atoms with van der Waals surface area (Å²) in [5.41, 5.74) is 1.53. The van der Waals surface area contributed by atoms with Crippen LogP contribution in [0.25, 0.3) is 0 Å². The minimum Gasteiger partial charge on any atom is -0.340 e. The highest BCUT2D eigenvalue weighted by molar-refractivity contribution is 7.15. The predicted molar refractivity (Wildman–Crippen MR) is 99.9 cm³/mol. The first-order valence-corrected chi connectivity index (χ1v) is 9.11.